The van der Waals surface area contributed by atoms with Crippen LogP contribution in [0.5, 0.6) is 0 Å². The molecule has 0 unspecified atom stereocenters. The monoisotopic (exact) mass is 332 g/mol. The Labute approximate surface area is 133 Å². The molecule has 0 spiro atoms. The van der Waals surface area contributed by atoms with Gasteiger partial charge in [-0.1, -0.05) is 27.7 Å². The van der Waals surface area contributed by atoms with Gasteiger partial charge in [0.2, 0.25) is 10.0 Å². The van der Waals surface area contributed by atoms with E-state index in [0.29, 0.717) is 29.9 Å². The highest BCUT2D eigenvalue weighted by Gasteiger charge is 2.22. The van der Waals surface area contributed by atoms with Crippen LogP contribution in [0.3, 0.4) is 0 Å². The number of thiophene rings is 1. The molecule has 1 heterocycles. The van der Waals surface area contributed by atoms with Crippen LogP contribution in [0.25, 0.3) is 0 Å². The van der Waals surface area contributed by atoms with Crippen molar-refractivity contribution in [1.29, 1.82) is 0 Å². The molecule has 0 aliphatic carbocycles. The largest absolute Gasteiger partial charge is 0.310 e. The molecule has 0 aliphatic heterocycles. The number of aryl methyl sites for hydroxylation is 1. The third-order valence-corrected chi connectivity index (χ3v) is 6.10. The fourth-order valence-electron chi connectivity index (χ4n) is 2.06. The van der Waals surface area contributed by atoms with Gasteiger partial charge < -0.3 is 5.32 Å². The van der Waals surface area contributed by atoms with E-state index < -0.39 is 10.0 Å². The van der Waals surface area contributed by atoms with Gasteiger partial charge in [-0.2, -0.15) is 0 Å². The zero-order chi connectivity index (χ0) is 16.0. The highest BCUT2D eigenvalue weighted by Crippen LogP contribution is 2.26. The maximum Gasteiger partial charge on any atom is 0.241 e. The number of rotatable bonds is 9. The molecule has 0 aliphatic rings. The van der Waals surface area contributed by atoms with Gasteiger partial charge in [-0.3, -0.25) is 0 Å². The highest BCUT2D eigenvalue weighted by atomic mass is 32.2. The van der Waals surface area contributed by atoms with Crippen molar-refractivity contribution in [2.24, 2.45) is 5.92 Å². The Morgan fingerprint density at radius 2 is 1.90 bits per heavy atom. The van der Waals surface area contributed by atoms with Crippen LogP contribution in [0, 0.1) is 12.8 Å². The van der Waals surface area contributed by atoms with Gasteiger partial charge in [-0.15, -0.1) is 11.3 Å². The van der Waals surface area contributed by atoms with Crippen LogP contribution in [0.4, 0.5) is 0 Å². The molecule has 0 fully saturated rings. The molecule has 2 N–H and O–H groups in total. The normalized spacial score (nSPS) is 12.5. The Hall–Kier alpha value is -0.430. The predicted molar refractivity (Wildman–Crippen MR) is 90.3 cm³/mol. The summed E-state index contributed by atoms with van der Waals surface area (Å²) in [5, 5.41) is 5.20. The van der Waals surface area contributed by atoms with Crippen molar-refractivity contribution in [3.05, 3.63) is 15.8 Å². The minimum Gasteiger partial charge on any atom is -0.310 e. The maximum atomic E-state index is 12.5. The number of hydrogen-bond acceptors (Lipinski definition) is 4. The van der Waals surface area contributed by atoms with Crippen molar-refractivity contribution in [1.82, 2.24) is 10.0 Å². The summed E-state index contributed by atoms with van der Waals surface area (Å²) < 4.78 is 27.7. The van der Waals surface area contributed by atoms with E-state index in [1.807, 2.05) is 12.3 Å². The molecule has 0 saturated heterocycles. The first-order valence-corrected chi connectivity index (χ1v) is 9.90. The fraction of sp³-hybridized carbons (Fsp3) is 0.733. The van der Waals surface area contributed by atoms with Crippen LogP contribution in [0.2, 0.25) is 0 Å². The quantitative estimate of drug-likeness (QED) is 0.682. The molecule has 1 aromatic heterocycles. The highest BCUT2D eigenvalue weighted by molar-refractivity contribution is 7.89. The van der Waals surface area contributed by atoms with Crippen LogP contribution in [-0.4, -0.2) is 21.0 Å². The molecule has 0 bridgehead atoms. The predicted octanol–water partition coefficient (Wildman–Crippen LogP) is 3.27. The van der Waals surface area contributed by atoms with E-state index in [4.69, 9.17) is 0 Å². The first kappa shape index (κ1) is 18.6. The van der Waals surface area contributed by atoms with E-state index in [1.165, 1.54) is 11.3 Å². The van der Waals surface area contributed by atoms with Crippen LogP contribution in [0.1, 0.15) is 51.0 Å². The van der Waals surface area contributed by atoms with Gasteiger partial charge in [0.1, 0.15) is 4.90 Å². The molecule has 1 aromatic rings. The van der Waals surface area contributed by atoms with E-state index in [0.717, 1.165) is 23.3 Å². The lowest BCUT2D eigenvalue weighted by molar-refractivity contribution is 0.538. The molecule has 1 rings (SSSR count). The van der Waals surface area contributed by atoms with Crippen LogP contribution < -0.4 is 10.0 Å². The van der Waals surface area contributed by atoms with Crippen LogP contribution >= 0.6 is 11.3 Å². The summed E-state index contributed by atoms with van der Waals surface area (Å²) in [6, 6.07) is 0.335. The van der Waals surface area contributed by atoms with Crippen molar-refractivity contribution in [2.75, 3.05) is 6.54 Å². The second kappa shape index (κ2) is 8.27. The number of nitrogens with one attached hydrogen (secondary N) is 2. The SMILES string of the molecule is Cc1csc(CNC(C)C)c1S(=O)(=O)NCCCC(C)C. The molecular formula is C15H28N2O2S2. The summed E-state index contributed by atoms with van der Waals surface area (Å²) >= 11 is 1.51. The summed E-state index contributed by atoms with van der Waals surface area (Å²) in [5.41, 5.74) is 0.830. The average Bonchev–Trinajstić information content (AvgIpc) is 2.74. The van der Waals surface area contributed by atoms with E-state index in [2.05, 4.69) is 37.7 Å². The summed E-state index contributed by atoms with van der Waals surface area (Å²) in [4.78, 5) is 1.35. The van der Waals surface area contributed by atoms with Gasteiger partial charge in [-0.25, -0.2) is 13.1 Å². The minimum atomic E-state index is -3.40. The van der Waals surface area contributed by atoms with E-state index in [9.17, 15) is 8.42 Å². The van der Waals surface area contributed by atoms with Gasteiger partial charge in [0.25, 0.3) is 0 Å². The molecule has 0 amide bonds. The Kier molecular flexibility index (Phi) is 7.33. The lowest BCUT2D eigenvalue weighted by atomic mass is 10.1. The van der Waals surface area contributed by atoms with Crippen molar-refractivity contribution in [2.45, 2.75) is 64.9 Å². The average molecular weight is 333 g/mol. The van der Waals surface area contributed by atoms with Gasteiger partial charge in [0.15, 0.2) is 0 Å². The van der Waals surface area contributed by atoms with Crippen LogP contribution in [0.15, 0.2) is 10.3 Å². The summed E-state index contributed by atoms with van der Waals surface area (Å²) in [6.07, 6.45) is 1.91. The van der Waals surface area contributed by atoms with Crippen molar-refractivity contribution in [3.63, 3.8) is 0 Å². The Morgan fingerprint density at radius 1 is 1.24 bits per heavy atom. The standard InChI is InChI=1S/C15H28N2O2S2/c1-11(2)7-6-8-17-21(18,19)15-13(5)10-20-14(15)9-16-12(3)4/h10-12,16-17H,6-9H2,1-5H3. The smallest absolute Gasteiger partial charge is 0.241 e. The lowest BCUT2D eigenvalue weighted by Gasteiger charge is -2.12. The second-order valence-corrected chi connectivity index (χ2v) is 8.81. The molecule has 6 heteroatoms. The number of sulfonamides is 1. The third kappa shape index (κ3) is 6.06. The molecule has 0 saturated carbocycles. The molecule has 0 aromatic carbocycles. The van der Waals surface area contributed by atoms with Crippen molar-refractivity contribution >= 4 is 21.4 Å². The zero-order valence-corrected chi connectivity index (χ0v) is 15.3. The molecule has 0 atom stereocenters. The second-order valence-electron chi connectivity index (χ2n) is 6.14. The van der Waals surface area contributed by atoms with E-state index in [-0.39, 0.29) is 0 Å². The molecule has 0 radical (unpaired) electrons. The summed E-state index contributed by atoms with van der Waals surface area (Å²) in [6.45, 7) is 11.4. The summed E-state index contributed by atoms with van der Waals surface area (Å²) in [5.74, 6) is 0.600. The molecule has 4 nitrogen and oxygen atoms in total. The van der Waals surface area contributed by atoms with Crippen molar-refractivity contribution in [3.8, 4) is 0 Å². The summed E-state index contributed by atoms with van der Waals surface area (Å²) in [7, 11) is -3.40. The Balaban J connectivity index is 2.75. The van der Waals surface area contributed by atoms with Gasteiger partial charge >= 0.3 is 0 Å². The maximum absolute atomic E-state index is 12.5. The van der Waals surface area contributed by atoms with Crippen molar-refractivity contribution < 1.29 is 8.42 Å². The van der Waals surface area contributed by atoms with Crippen LogP contribution in [-0.2, 0) is 16.6 Å². The van der Waals surface area contributed by atoms with Gasteiger partial charge in [0, 0.05) is 24.0 Å². The Morgan fingerprint density at radius 3 is 2.48 bits per heavy atom. The first-order valence-electron chi connectivity index (χ1n) is 7.54. The molecular weight excluding hydrogens is 304 g/mol. The zero-order valence-electron chi connectivity index (χ0n) is 13.7. The Bertz CT molecular complexity index is 534. The van der Waals surface area contributed by atoms with Gasteiger partial charge in [0.05, 0.1) is 0 Å². The first-order chi connectivity index (χ1) is 9.74. The molecule has 21 heavy (non-hydrogen) atoms. The topological polar surface area (TPSA) is 58.2 Å². The lowest BCUT2D eigenvalue weighted by Crippen LogP contribution is -2.28. The third-order valence-electron chi connectivity index (χ3n) is 3.18. The number of hydrogen-bond donors (Lipinski definition) is 2. The van der Waals surface area contributed by atoms with Gasteiger partial charge in [-0.05, 0) is 36.6 Å². The molecule has 122 valence electrons. The fourth-order valence-corrected chi connectivity index (χ4v) is 4.89. The van der Waals surface area contributed by atoms with E-state index in [1.54, 1.807) is 0 Å². The van der Waals surface area contributed by atoms with E-state index >= 15 is 0 Å². The minimum absolute atomic E-state index is 0.335.